The highest BCUT2D eigenvalue weighted by Gasteiger charge is 2.29. The molecule has 1 amide bonds. The lowest BCUT2D eigenvalue weighted by molar-refractivity contribution is 0.0504. The number of hydrogen-bond donors (Lipinski definition) is 1. The predicted octanol–water partition coefficient (Wildman–Crippen LogP) is 2.94. The average molecular weight is 280 g/mol. The zero-order valence-corrected chi connectivity index (χ0v) is 12.7. The van der Waals surface area contributed by atoms with Gasteiger partial charge in [0, 0.05) is 19.1 Å². The molecule has 1 unspecified atom stereocenters. The largest absolute Gasteiger partial charge is 0.468 e. The number of carbonyl (C=O) groups is 1. The van der Waals surface area contributed by atoms with E-state index in [-0.39, 0.29) is 18.2 Å². The summed E-state index contributed by atoms with van der Waals surface area (Å²) < 4.78 is 10.7. The molecule has 2 atom stereocenters. The molecule has 0 aromatic carbocycles. The molecular weight excluding hydrogens is 256 g/mol. The Labute approximate surface area is 120 Å². The Morgan fingerprint density at radius 2 is 2.30 bits per heavy atom. The van der Waals surface area contributed by atoms with Crippen molar-refractivity contribution >= 4 is 6.09 Å². The average Bonchev–Trinajstić information content (AvgIpc) is 2.95. The fourth-order valence-corrected chi connectivity index (χ4v) is 2.44. The Kier molecular flexibility index (Phi) is 4.38. The van der Waals surface area contributed by atoms with E-state index in [1.165, 1.54) is 0 Å². The molecule has 0 bridgehead atoms. The minimum atomic E-state index is -0.455. The Morgan fingerprint density at radius 3 is 2.90 bits per heavy atom. The van der Waals surface area contributed by atoms with Gasteiger partial charge in [0.05, 0.1) is 12.3 Å². The lowest BCUT2D eigenvalue weighted by Gasteiger charge is -2.24. The summed E-state index contributed by atoms with van der Waals surface area (Å²) in [6.07, 6.45) is 2.29. The lowest BCUT2D eigenvalue weighted by atomic mass is 10.2. The molecule has 20 heavy (non-hydrogen) atoms. The molecule has 1 aliphatic rings. The van der Waals surface area contributed by atoms with Crippen LogP contribution in [0.25, 0.3) is 0 Å². The van der Waals surface area contributed by atoms with Crippen LogP contribution in [0.3, 0.4) is 0 Å². The number of rotatable bonds is 3. The second-order valence-corrected chi connectivity index (χ2v) is 6.32. The van der Waals surface area contributed by atoms with Gasteiger partial charge in [-0.05, 0) is 46.2 Å². The first-order valence-electron chi connectivity index (χ1n) is 7.12. The van der Waals surface area contributed by atoms with Crippen molar-refractivity contribution in [3.63, 3.8) is 0 Å². The monoisotopic (exact) mass is 280 g/mol. The predicted molar refractivity (Wildman–Crippen MR) is 76.5 cm³/mol. The molecule has 1 fully saturated rings. The zero-order valence-electron chi connectivity index (χ0n) is 12.7. The van der Waals surface area contributed by atoms with E-state index in [9.17, 15) is 4.79 Å². The summed E-state index contributed by atoms with van der Waals surface area (Å²) in [7, 11) is 0. The Bertz CT molecular complexity index is 436. The highest BCUT2D eigenvalue weighted by molar-refractivity contribution is 5.68. The van der Waals surface area contributed by atoms with Gasteiger partial charge >= 0.3 is 6.09 Å². The molecule has 1 saturated heterocycles. The maximum atomic E-state index is 11.7. The Hall–Kier alpha value is -1.49. The molecule has 1 N–H and O–H groups in total. The van der Waals surface area contributed by atoms with Crippen LogP contribution in [0.5, 0.6) is 0 Å². The normalized spacial score (nSPS) is 21.7. The van der Waals surface area contributed by atoms with E-state index in [0.29, 0.717) is 0 Å². The molecule has 0 aliphatic carbocycles. The molecule has 2 rings (SSSR count). The van der Waals surface area contributed by atoms with Gasteiger partial charge in [0.25, 0.3) is 0 Å². The number of alkyl carbamates (subject to hydrolysis) is 1. The summed E-state index contributed by atoms with van der Waals surface area (Å²) in [5.41, 5.74) is -0.455. The first-order valence-corrected chi connectivity index (χ1v) is 7.12. The molecule has 1 aliphatic heterocycles. The fourth-order valence-electron chi connectivity index (χ4n) is 2.44. The summed E-state index contributed by atoms with van der Waals surface area (Å²) in [5.74, 6) is 0.961. The van der Waals surface area contributed by atoms with Crippen LogP contribution in [-0.2, 0) is 4.74 Å². The third-order valence-electron chi connectivity index (χ3n) is 3.44. The van der Waals surface area contributed by atoms with Crippen LogP contribution in [0.15, 0.2) is 22.8 Å². The smallest absolute Gasteiger partial charge is 0.407 e. The van der Waals surface area contributed by atoms with Gasteiger partial charge in [-0.15, -0.1) is 0 Å². The van der Waals surface area contributed by atoms with Crippen molar-refractivity contribution in [3.8, 4) is 0 Å². The Balaban J connectivity index is 1.82. The molecule has 0 saturated carbocycles. The minimum absolute atomic E-state index is 0.141. The van der Waals surface area contributed by atoms with Crippen molar-refractivity contribution in [3.05, 3.63) is 24.2 Å². The summed E-state index contributed by atoms with van der Waals surface area (Å²) >= 11 is 0. The van der Waals surface area contributed by atoms with Gasteiger partial charge in [-0.1, -0.05) is 0 Å². The van der Waals surface area contributed by atoms with Gasteiger partial charge in [-0.2, -0.15) is 0 Å². The highest BCUT2D eigenvalue weighted by atomic mass is 16.6. The van der Waals surface area contributed by atoms with E-state index in [4.69, 9.17) is 9.15 Å². The van der Waals surface area contributed by atoms with Crippen LogP contribution in [0.2, 0.25) is 0 Å². The molecule has 112 valence electrons. The lowest BCUT2D eigenvalue weighted by Crippen LogP contribution is -2.40. The van der Waals surface area contributed by atoms with Crippen molar-refractivity contribution in [2.45, 2.75) is 51.8 Å². The summed E-state index contributed by atoms with van der Waals surface area (Å²) in [6.45, 7) is 9.49. The first-order chi connectivity index (χ1) is 9.35. The Morgan fingerprint density at radius 1 is 1.55 bits per heavy atom. The third-order valence-corrected chi connectivity index (χ3v) is 3.44. The third kappa shape index (κ3) is 4.00. The van der Waals surface area contributed by atoms with Crippen LogP contribution in [0, 0.1) is 0 Å². The molecule has 5 heteroatoms. The van der Waals surface area contributed by atoms with E-state index in [0.717, 1.165) is 25.3 Å². The highest BCUT2D eigenvalue weighted by Crippen LogP contribution is 2.25. The van der Waals surface area contributed by atoms with Crippen LogP contribution in [0.1, 0.15) is 45.9 Å². The van der Waals surface area contributed by atoms with Crippen molar-refractivity contribution in [2.75, 3.05) is 13.1 Å². The minimum Gasteiger partial charge on any atom is -0.468 e. The van der Waals surface area contributed by atoms with Crippen LogP contribution in [0.4, 0.5) is 4.79 Å². The fraction of sp³-hybridized carbons (Fsp3) is 0.667. The number of nitrogens with zero attached hydrogens (tertiary/aromatic N) is 1. The van der Waals surface area contributed by atoms with Crippen molar-refractivity contribution in [1.29, 1.82) is 0 Å². The molecule has 2 heterocycles. The maximum Gasteiger partial charge on any atom is 0.407 e. The van der Waals surface area contributed by atoms with Gasteiger partial charge in [-0.25, -0.2) is 4.79 Å². The van der Waals surface area contributed by atoms with E-state index < -0.39 is 5.60 Å². The molecule has 0 spiro atoms. The SMILES string of the molecule is CC(c1ccco1)N1CC[C@H](NC(=O)OC(C)(C)C)C1. The number of ether oxygens (including phenoxy) is 1. The number of hydrogen-bond acceptors (Lipinski definition) is 4. The van der Waals surface area contributed by atoms with Crippen molar-refractivity contribution in [1.82, 2.24) is 10.2 Å². The standard InChI is InChI=1S/C15H24N2O3/c1-11(13-6-5-9-19-13)17-8-7-12(10-17)16-14(18)20-15(2,3)4/h5-6,9,11-12H,7-8,10H2,1-4H3,(H,16,18)/t11?,12-/m0/s1. The van der Waals surface area contributed by atoms with Crippen molar-refractivity contribution < 1.29 is 13.9 Å². The van der Waals surface area contributed by atoms with E-state index in [2.05, 4.69) is 17.1 Å². The molecule has 5 nitrogen and oxygen atoms in total. The molecule has 1 aromatic rings. The molecule has 0 radical (unpaired) electrons. The van der Waals surface area contributed by atoms with Crippen LogP contribution >= 0.6 is 0 Å². The number of amides is 1. The second-order valence-electron chi connectivity index (χ2n) is 6.32. The number of likely N-dealkylation sites (tertiary alicyclic amines) is 1. The topological polar surface area (TPSA) is 54.7 Å². The van der Waals surface area contributed by atoms with E-state index in [1.807, 2.05) is 32.9 Å². The number of furan rings is 1. The van der Waals surface area contributed by atoms with Crippen molar-refractivity contribution in [2.24, 2.45) is 0 Å². The molecular formula is C15H24N2O3. The first kappa shape index (κ1) is 14.9. The summed E-state index contributed by atoms with van der Waals surface area (Å²) in [6, 6.07) is 4.26. The van der Waals surface area contributed by atoms with Gasteiger partial charge < -0.3 is 14.5 Å². The van der Waals surface area contributed by atoms with Gasteiger partial charge in [-0.3, -0.25) is 4.90 Å². The second kappa shape index (κ2) is 5.87. The van der Waals surface area contributed by atoms with E-state index in [1.54, 1.807) is 6.26 Å². The van der Waals surface area contributed by atoms with Crippen LogP contribution in [-0.4, -0.2) is 35.7 Å². The molecule has 1 aromatic heterocycles. The quantitative estimate of drug-likeness (QED) is 0.925. The van der Waals surface area contributed by atoms with Crippen LogP contribution < -0.4 is 5.32 Å². The maximum absolute atomic E-state index is 11.7. The number of nitrogens with one attached hydrogen (secondary N) is 1. The zero-order chi connectivity index (χ0) is 14.8. The van der Waals surface area contributed by atoms with Gasteiger partial charge in [0.2, 0.25) is 0 Å². The van der Waals surface area contributed by atoms with E-state index >= 15 is 0 Å². The summed E-state index contributed by atoms with van der Waals surface area (Å²) in [5, 5.41) is 2.93. The van der Waals surface area contributed by atoms with Gasteiger partial charge in [0.15, 0.2) is 0 Å². The van der Waals surface area contributed by atoms with Gasteiger partial charge in [0.1, 0.15) is 11.4 Å². The summed E-state index contributed by atoms with van der Waals surface area (Å²) in [4.78, 5) is 14.1. The number of carbonyl (C=O) groups excluding carboxylic acids is 1.